The zero-order valence-electron chi connectivity index (χ0n) is 5.89. The van der Waals surface area contributed by atoms with Crippen LogP contribution in [-0.4, -0.2) is 22.3 Å². The number of thioether (sulfide) groups is 1. The highest BCUT2D eigenvalue weighted by Crippen LogP contribution is 2.41. The molecule has 4 N–H and O–H groups in total. The number of carbonyl (C=O) groups is 2. The number of alkyl halides is 4. The average molecular weight is 220 g/mol. The Balaban J connectivity index is 4.61. The smallest absolute Gasteiger partial charge is 0.364 e. The second-order valence-corrected chi connectivity index (χ2v) is 3.09. The lowest BCUT2D eigenvalue weighted by atomic mass is 10.6. The van der Waals surface area contributed by atoms with Gasteiger partial charge in [0, 0.05) is 11.8 Å². The van der Waals surface area contributed by atoms with E-state index in [2.05, 4.69) is 11.5 Å². The summed E-state index contributed by atoms with van der Waals surface area (Å²) in [6.07, 6.45) is 0. The van der Waals surface area contributed by atoms with Gasteiger partial charge in [0.25, 0.3) is 11.8 Å². The first-order chi connectivity index (χ1) is 5.59. The highest BCUT2D eigenvalue weighted by molar-refractivity contribution is 8.02. The Bertz CT molecular complexity index is 220. The molecule has 0 fully saturated rings. The van der Waals surface area contributed by atoms with Crippen molar-refractivity contribution < 1.29 is 27.2 Å². The Morgan fingerprint density at radius 1 is 0.923 bits per heavy atom. The summed E-state index contributed by atoms with van der Waals surface area (Å²) in [5, 5.41) is -9.06. The van der Waals surface area contributed by atoms with E-state index in [-0.39, 0.29) is 0 Å². The summed E-state index contributed by atoms with van der Waals surface area (Å²) in [5.74, 6) is -4.53. The van der Waals surface area contributed by atoms with Crippen LogP contribution in [0, 0.1) is 0 Å². The van der Waals surface area contributed by atoms with Gasteiger partial charge in [-0.15, -0.1) is 0 Å². The molecule has 76 valence electrons. The van der Waals surface area contributed by atoms with E-state index in [0.717, 1.165) is 0 Å². The molecule has 0 spiro atoms. The third-order valence-corrected chi connectivity index (χ3v) is 1.75. The van der Waals surface area contributed by atoms with Gasteiger partial charge in [-0.3, -0.25) is 9.59 Å². The number of hydrogen-bond acceptors (Lipinski definition) is 3. The van der Waals surface area contributed by atoms with Gasteiger partial charge in [-0.05, 0) is 0 Å². The van der Waals surface area contributed by atoms with Gasteiger partial charge in [0.05, 0.1) is 0 Å². The van der Waals surface area contributed by atoms with Crippen LogP contribution in [0.3, 0.4) is 0 Å². The lowest BCUT2D eigenvalue weighted by Crippen LogP contribution is -2.41. The van der Waals surface area contributed by atoms with Crippen molar-refractivity contribution in [3.05, 3.63) is 0 Å². The van der Waals surface area contributed by atoms with E-state index in [0.29, 0.717) is 0 Å². The summed E-state index contributed by atoms with van der Waals surface area (Å²) in [4.78, 5) is 19.8. The van der Waals surface area contributed by atoms with E-state index < -0.39 is 34.1 Å². The van der Waals surface area contributed by atoms with Crippen LogP contribution in [0.25, 0.3) is 0 Å². The molecule has 4 nitrogen and oxygen atoms in total. The normalized spacial score (nSPS) is 12.6. The molecule has 9 heteroatoms. The number of hydrogen-bond donors (Lipinski definition) is 2. The molecule has 0 atom stereocenters. The molecule has 0 saturated heterocycles. The third kappa shape index (κ3) is 3.09. The quantitative estimate of drug-likeness (QED) is 0.647. The summed E-state index contributed by atoms with van der Waals surface area (Å²) in [6.45, 7) is 0. The maximum atomic E-state index is 12.2. The molecule has 0 unspecified atom stereocenters. The first-order valence-corrected chi connectivity index (χ1v) is 3.47. The van der Waals surface area contributed by atoms with Crippen LogP contribution in [0.1, 0.15) is 0 Å². The number of carbonyl (C=O) groups excluding carboxylic acids is 2. The maximum absolute atomic E-state index is 12.2. The monoisotopic (exact) mass is 220 g/mol. The van der Waals surface area contributed by atoms with Crippen LogP contribution < -0.4 is 11.5 Å². The fourth-order valence-corrected chi connectivity index (χ4v) is 0.785. The molecule has 0 aromatic heterocycles. The van der Waals surface area contributed by atoms with Gasteiger partial charge in [0.15, 0.2) is 0 Å². The Kier molecular flexibility index (Phi) is 3.14. The van der Waals surface area contributed by atoms with E-state index in [1.807, 2.05) is 0 Å². The number of nitrogens with two attached hydrogens (primary N) is 2. The van der Waals surface area contributed by atoms with Crippen LogP contribution in [0.5, 0.6) is 0 Å². The minimum Gasteiger partial charge on any atom is -0.364 e. The Labute approximate surface area is 73.6 Å². The molecule has 0 aliphatic carbocycles. The van der Waals surface area contributed by atoms with Gasteiger partial charge in [-0.1, -0.05) is 0 Å². The molecule has 0 saturated carbocycles. The first-order valence-electron chi connectivity index (χ1n) is 2.65. The van der Waals surface area contributed by atoms with Gasteiger partial charge in [0.1, 0.15) is 0 Å². The molecule has 0 radical (unpaired) electrons. The molecule has 0 aliphatic heterocycles. The zero-order chi connectivity index (χ0) is 10.9. The highest BCUT2D eigenvalue weighted by Gasteiger charge is 2.52. The van der Waals surface area contributed by atoms with Crippen molar-refractivity contribution in [3.63, 3.8) is 0 Å². The number of rotatable bonds is 4. The minimum absolute atomic E-state index is 1.50. The molecule has 13 heavy (non-hydrogen) atoms. The molecule has 0 rings (SSSR count). The second-order valence-electron chi connectivity index (χ2n) is 1.86. The summed E-state index contributed by atoms with van der Waals surface area (Å²) >= 11 is -1.50. The minimum atomic E-state index is -4.53. The van der Waals surface area contributed by atoms with Crippen molar-refractivity contribution in [2.45, 2.75) is 10.5 Å². The number of halogens is 4. The van der Waals surface area contributed by atoms with Gasteiger partial charge in [-0.25, -0.2) is 0 Å². The van der Waals surface area contributed by atoms with Crippen molar-refractivity contribution in [1.29, 1.82) is 0 Å². The summed E-state index contributed by atoms with van der Waals surface area (Å²) in [6, 6.07) is 0. The van der Waals surface area contributed by atoms with E-state index in [9.17, 15) is 27.2 Å². The molecule has 2 amide bonds. The van der Waals surface area contributed by atoms with E-state index in [1.165, 1.54) is 0 Å². The molecular formula is C4H4F4N2O2S. The Hall–Kier alpha value is -0.990. The first kappa shape index (κ1) is 12.0. The third-order valence-electron chi connectivity index (χ3n) is 0.830. The Morgan fingerprint density at radius 3 is 1.31 bits per heavy atom. The fourth-order valence-electron chi connectivity index (χ4n) is 0.262. The molecule has 0 aromatic rings. The van der Waals surface area contributed by atoms with Crippen molar-refractivity contribution in [2.75, 3.05) is 0 Å². The SMILES string of the molecule is NC(=O)C(F)(F)SC(F)(F)C(N)=O. The van der Waals surface area contributed by atoms with Gasteiger partial charge in [0.2, 0.25) is 0 Å². The van der Waals surface area contributed by atoms with Gasteiger partial charge in [-0.2, -0.15) is 17.6 Å². The largest absolute Gasteiger partial charge is 0.376 e. The van der Waals surface area contributed by atoms with Crippen molar-refractivity contribution in [3.8, 4) is 0 Å². The molecule has 0 bridgehead atoms. The molecule has 0 heterocycles. The molecule has 0 aromatic carbocycles. The van der Waals surface area contributed by atoms with E-state index >= 15 is 0 Å². The van der Waals surface area contributed by atoms with Crippen molar-refractivity contribution in [2.24, 2.45) is 11.5 Å². The van der Waals surface area contributed by atoms with Gasteiger partial charge < -0.3 is 11.5 Å². The number of amides is 2. The predicted molar refractivity (Wildman–Crippen MR) is 35.9 cm³/mol. The van der Waals surface area contributed by atoms with Gasteiger partial charge >= 0.3 is 10.5 Å². The van der Waals surface area contributed by atoms with E-state index in [4.69, 9.17) is 0 Å². The number of primary amides is 2. The van der Waals surface area contributed by atoms with Crippen LogP contribution >= 0.6 is 11.8 Å². The summed E-state index contributed by atoms with van der Waals surface area (Å²) < 4.78 is 48.8. The maximum Gasteiger partial charge on any atom is 0.376 e. The lowest BCUT2D eigenvalue weighted by molar-refractivity contribution is -0.134. The molecule has 0 aliphatic rings. The van der Waals surface area contributed by atoms with Crippen molar-refractivity contribution >= 4 is 23.6 Å². The standard InChI is InChI=1S/C4H4F4N2O2S/c5-3(6,1(9)11)13-4(7,8)2(10)12/h(H2,9,11)(H2,10,12). The Morgan fingerprint density at radius 2 is 1.15 bits per heavy atom. The van der Waals surface area contributed by atoms with Crippen LogP contribution in [-0.2, 0) is 9.59 Å². The average Bonchev–Trinajstić information content (AvgIpc) is 1.83. The topological polar surface area (TPSA) is 86.2 Å². The summed E-state index contributed by atoms with van der Waals surface area (Å²) in [5.41, 5.74) is 8.16. The molecular weight excluding hydrogens is 216 g/mol. The van der Waals surface area contributed by atoms with Crippen LogP contribution in [0.4, 0.5) is 17.6 Å². The lowest BCUT2D eigenvalue weighted by Gasteiger charge is -2.16. The highest BCUT2D eigenvalue weighted by atomic mass is 32.2. The van der Waals surface area contributed by atoms with Crippen molar-refractivity contribution in [1.82, 2.24) is 0 Å². The zero-order valence-corrected chi connectivity index (χ0v) is 6.71. The van der Waals surface area contributed by atoms with Crippen LogP contribution in [0.2, 0.25) is 0 Å². The predicted octanol–water partition coefficient (Wildman–Crippen LogP) is -0.124. The van der Waals surface area contributed by atoms with Crippen LogP contribution in [0.15, 0.2) is 0 Å². The second kappa shape index (κ2) is 3.40. The summed E-state index contributed by atoms with van der Waals surface area (Å²) in [7, 11) is 0. The fraction of sp³-hybridized carbons (Fsp3) is 0.500. The van der Waals surface area contributed by atoms with E-state index in [1.54, 1.807) is 0 Å².